The number of benzene rings is 8. The summed E-state index contributed by atoms with van der Waals surface area (Å²) in [5, 5.41) is 5.06. The number of fused-ring (bicyclic) bond motifs is 9. The number of rotatable bonds is 4. The second kappa shape index (κ2) is 11.3. The Kier molecular flexibility index (Phi) is 6.20. The van der Waals surface area contributed by atoms with Crippen LogP contribution in [0.2, 0.25) is 0 Å². The smallest absolute Gasteiger partial charge is 0.0541 e. The lowest BCUT2D eigenvalue weighted by Gasteiger charge is -2.21. The largest absolute Gasteiger partial charge is 0.309 e. The topological polar surface area (TPSA) is 9.86 Å². The molecule has 8 aromatic carbocycles. The van der Waals surface area contributed by atoms with Gasteiger partial charge in [0.05, 0.1) is 22.1 Å². The molecular formula is C52H34N2. The lowest BCUT2D eigenvalue weighted by Crippen LogP contribution is -2.03. The number of aromatic nitrogens is 2. The summed E-state index contributed by atoms with van der Waals surface area (Å²) >= 11 is 0. The summed E-state index contributed by atoms with van der Waals surface area (Å²) in [6.07, 6.45) is 5.80. The van der Waals surface area contributed by atoms with Crippen molar-refractivity contribution in [2.24, 2.45) is 0 Å². The van der Waals surface area contributed by atoms with E-state index in [2.05, 4.69) is 197 Å². The van der Waals surface area contributed by atoms with Gasteiger partial charge in [0.25, 0.3) is 0 Å². The molecule has 1 unspecified atom stereocenters. The van der Waals surface area contributed by atoms with Gasteiger partial charge < -0.3 is 9.13 Å². The van der Waals surface area contributed by atoms with Crippen LogP contribution < -0.4 is 0 Å². The van der Waals surface area contributed by atoms with Crippen LogP contribution in [0.25, 0.3) is 94.4 Å². The Labute approximate surface area is 313 Å². The van der Waals surface area contributed by atoms with Gasteiger partial charge in [-0.25, -0.2) is 0 Å². The summed E-state index contributed by atoms with van der Waals surface area (Å²) in [7, 11) is 0. The van der Waals surface area contributed by atoms with E-state index in [0.29, 0.717) is 5.92 Å². The number of nitrogens with zero attached hydrogens (tertiary/aromatic N) is 2. The molecule has 0 fully saturated rings. The van der Waals surface area contributed by atoms with Gasteiger partial charge in [-0.2, -0.15) is 0 Å². The first-order valence-electron chi connectivity index (χ1n) is 19.0. The highest BCUT2D eigenvalue weighted by Crippen LogP contribution is 2.52. The second-order valence-electron chi connectivity index (χ2n) is 14.8. The van der Waals surface area contributed by atoms with Gasteiger partial charge in [-0.05, 0) is 117 Å². The van der Waals surface area contributed by atoms with Crippen molar-refractivity contribution < 1.29 is 0 Å². The second-order valence-corrected chi connectivity index (χ2v) is 14.8. The fraction of sp³-hybridized carbons (Fsp3) is 0.0385. The maximum absolute atomic E-state index is 2.45. The number of hydrogen-bond acceptors (Lipinski definition) is 0. The molecule has 2 aliphatic carbocycles. The van der Waals surface area contributed by atoms with Crippen LogP contribution in [0.5, 0.6) is 0 Å². The maximum atomic E-state index is 2.45. The van der Waals surface area contributed by atoms with Crippen LogP contribution >= 0.6 is 0 Å². The normalized spacial score (nSPS) is 14.3. The Hall–Kier alpha value is -6.90. The molecule has 0 aliphatic heterocycles. The van der Waals surface area contributed by atoms with Crippen molar-refractivity contribution in [3.63, 3.8) is 0 Å². The van der Waals surface area contributed by atoms with Crippen molar-refractivity contribution in [3.8, 4) is 44.8 Å². The summed E-state index contributed by atoms with van der Waals surface area (Å²) in [6.45, 7) is 0. The van der Waals surface area contributed by atoms with E-state index >= 15 is 0 Å². The zero-order chi connectivity index (χ0) is 35.3. The molecule has 54 heavy (non-hydrogen) atoms. The molecule has 1 atom stereocenters. The fourth-order valence-electron chi connectivity index (χ4n) is 9.70. The third kappa shape index (κ3) is 4.17. The first-order chi connectivity index (χ1) is 26.8. The van der Waals surface area contributed by atoms with E-state index in [-0.39, 0.29) is 0 Å². The molecule has 0 spiro atoms. The fourth-order valence-corrected chi connectivity index (χ4v) is 9.70. The van der Waals surface area contributed by atoms with Crippen LogP contribution in [0.3, 0.4) is 0 Å². The van der Waals surface area contributed by atoms with E-state index in [1.165, 1.54) is 105 Å². The van der Waals surface area contributed by atoms with Gasteiger partial charge >= 0.3 is 0 Å². The van der Waals surface area contributed by atoms with E-state index in [1.54, 1.807) is 0 Å². The minimum atomic E-state index is 0.439. The lowest BCUT2D eigenvalue weighted by molar-refractivity contribution is 0.844. The molecule has 0 saturated carbocycles. The van der Waals surface area contributed by atoms with Crippen LogP contribution in [0.4, 0.5) is 0 Å². The first kappa shape index (κ1) is 29.7. The van der Waals surface area contributed by atoms with Crippen LogP contribution in [-0.2, 0) is 0 Å². The Morgan fingerprint density at radius 2 is 0.981 bits per heavy atom. The molecule has 10 aromatic rings. The van der Waals surface area contributed by atoms with E-state index in [9.17, 15) is 0 Å². The summed E-state index contributed by atoms with van der Waals surface area (Å²) in [6, 6.07) is 65.0. The molecule has 2 nitrogen and oxygen atoms in total. The van der Waals surface area contributed by atoms with Gasteiger partial charge in [-0.15, -0.1) is 0 Å². The first-order valence-corrected chi connectivity index (χ1v) is 19.0. The molecule has 2 heterocycles. The Morgan fingerprint density at radius 1 is 0.389 bits per heavy atom. The number of para-hydroxylation sites is 3. The summed E-state index contributed by atoms with van der Waals surface area (Å²) in [5.74, 6) is 0.439. The maximum Gasteiger partial charge on any atom is 0.0541 e. The molecular weight excluding hydrogens is 653 g/mol. The van der Waals surface area contributed by atoms with Crippen molar-refractivity contribution in [1.29, 1.82) is 0 Å². The Bertz CT molecular complexity index is 3190. The minimum absolute atomic E-state index is 0.439. The van der Waals surface area contributed by atoms with Gasteiger partial charge in [-0.1, -0.05) is 127 Å². The van der Waals surface area contributed by atoms with Crippen LogP contribution in [-0.4, -0.2) is 9.13 Å². The number of allylic oxidation sites excluding steroid dienone is 1. The summed E-state index contributed by atoms with van der Waals surface area (Å²) in [5.41, 5.74) is 19.3. The molecule has 0 N–H and O–H groups in total. The van der Waals surface area contributed by atoms with Crippen LogP contribution in [0.1, 0.15) is 29.0 Å². The average molecular weight is 687 g/mol. The highest BCUT2D eigenvalue weighted by Gasteiger charge is 2.32. The molecule has 12 rings (SSSR count). The van der Waals surface area contributed by atoms with E-state index in [0.717, 1.165) is 6.42 Å². The highest BCUT2D eigenvalue weighted by molar-refractivity contribution is 6.12. The van der Waals surface area contributed by atoms with Crippen molar-refractivity contribution in [2.45, 2.75) is 12.3 Å². The Morgan fingerprint density at radius 3 is 1.72 bits per heavy atom. The summed E-state index contributed by atoms with van der Waals surface area (Å²) < 4.78 is 4.83. The van der Waals surface area contributed by atoms with Gasteiger partial charge in [0.1, 0.15) is 0 Å². The van der Waals surface area contributed by atoms with Crippen LogP contribution in [0.15, 0.2) is 182 Å². The molecule has 0 radical (unpaired) electrons. The average Bonchev–Trinajstić information content (AvgIpc) is 3.87. The highest BCUT2D eigenvalue weighted by atomic mass is 15.0. The zero-order valence-electron chi connectivity index (χ0n) is 29.6. The lowest BCUT2D eigenvalue weighted by atomic mass is 9.82. The van der Waals surface area contributed by atoms with E-state index in [1.807, 2.05) is 0 Å². The molecule has 0 bridgehead atoms. The van der Waals surface area contributed by atoms with Crippen molar-refractivity contribution in [3.05, 3.63) is 199 Å². The third-order valence-corrected chi connectivity index (χ3v) is 12.0. The summed E-state index contributed by atoms with van der Waals surface area (Å²) in [4.78, 5) is 0. The van der Waals surface area contributed by atoms with Gasteiger partial charge in [0.2, 0.25) is 0 Å². The predicted octanol–water partition coefficient (Wildman–Crippen LogP) is 13.7. The SMILES string of the molecule is C1=Cc2c(-c3cccc(-n4c5ccccc5c5cc(-c6ccc7c(c6)c6ccccc6n7-c6ccccc6)ccc54)c3)ccc3c2C(C1)c1ccccc1-3. The van der Waals surface area contributed by atoms with Gasteiger partial charge in [0, 0.05) is 38.8 Å². The molecule has 2 aliphatic rings. The monoisotopic (exact) mass is 686 g/mol. The zero-order valence-corrected chi connectivity index (χ0v) is 29.6. The molecule has 0 saturated heterocycles. The van der Waals surface area contributed by atoms with Crippen LogP contribution in [0, 0.1) is 0 Å². The molecule has 0 amide bonds. The standard InChI is InChI=1S/C52H34N2/c1-2-13-36(14-3-1)53-48-22-8-6-18-41(48)46-31-33(24-28-50(46)53)34-25-29-51-47(32-34)42-19-7-9-23-49(42)54(51)37-15-10-12-35(30-37)38-26-27-45-40-17-5-4-16-39(40)44-21-11-20-43(38)52(44)45/h1-20,22-32,44H,21H2. The number of hydrogen-bond donors (Lipinski definition) is 0. The third-order valence-electron chi connectivity index (χ3n) is 12.0. The quantitative estimate of drug-likeness (QED) is 0.174. The predicted molar refractivity (Wildman–Crippen MR) is 227 cm³/mol. The van der Waals surface area contributed by atoms with Crippen molar-refractivity contribution >= 4 is 49.7 Å². The minimum Gasteiger partial charge on any atom is -0.309 e. The van der Waals surface area contributed by atoms with Gasteiger partial charge in [-0.3, -0.25) is 0 Å². The van der Waals surface area contributed by atoms with Crippen molar-refractivity contribution in [2.75, 3.05) is 0 Å². The molecule has 2 heteroatoms. The Balaban J connectivity index is 0.997. The van der Waals surface area contributed by atoms with Gasteiger partial charge in [0.15, 0.2) is 0 Å². The van der Waals surface area contributed by atoms with Crippen molar-refractivity contribution in [1.82, 2.24) is 9.13 Å². The van der Waals surface area contributed by atoms with E-state index < -0.39 is 0 Å². The molecule has 2 aromatic heterocycles. The van der Waals surface area contributed by atoms with E-state index in [4.69, 9.17) is 0 Å². The molecule has 252 valence electrons.